The maximum atomic E-state index is 8.68. The minimum absolute atomic E-state index is 0.131. The Bertz CT molecular complexity index is 608. The predicted octanol–water partition coefficient (Wildman–Crippen LogP) is 3.85. The minimum Gasteiger partial charge on any atom is -0.192 e. The topological polar surface area (TPSA) is 47.6 Å². The Morgan fingerprint density at radius 2 is 1.71 bits per heavy atom. The van der Waals surface area contributed by atoms with Gasteiger partial charge >= 0.3 is 0 Å². The van der Waals surface area contributed by atoms with Gasteiger partial charge in [0.25, 0.3) is 0 Å². The van der Waals surface area contributed by atoms with E-state index in [0.717, 1.165) is 15.3 Å². The fraction of sp³-hybridized carbons (Fsp3) is 0. The average molecular weight is 236 g/mol. The molecule has 2 aromatic rings. The normalized spacial score (nSPS) is 9.06. The highest BCUT2D eigenvalue weighted by atomic mass is 32.1. The lowest BCUT2D eigenvalue weighted by molar-refractivity contribution is 1.47. The van der Waals surface area contributed by atoms with E-state index in [1.807, 2.05) is 54.6 Å². The largest absolute Gasteiger partial charge is 0.192 e. The van der Waals surface area contributed by atoms with Gasteiger partial charge in [0, 0.05) is 9.75 Å². The Balaban J connectivity index is 2.33. The van der Waals surface area contributed by atoms with Crippen LogP contribution in [0.3, 0.4) is 0 Å². The second kappa shape index (κ2) is 5.12. The highest BCUT2D eigenvalue weighted by Gasteiger charge is 2.01. The maximum absolute atomic E-state index is 8.68. The van der Waals surface area contributed by atoms with Crippen LogP contribution >= 0.6 is 11.3 Å². The number of benzene rings is 1. The molecule has 0 unspecified atom stereocenters. The van der Waals surface area contributed by atoms with Gasteiger partial charge in [-0.1, -0.05) is 30.3 Å². The maximum Gasteiger partial charge on any atom is 0.131 e. The van der Waals surface area contributed by atoms with Crippen molar-refractivity contribution in [2.45, 2.75) is 0 Å². The van der Waals surface area contributed by atoms with E-state index in [0.29, 0.717) is 0 Å². The van der Waals surface area contributed by atoms with E-state index >= 15 is 0 Å². The monoisotopic (exact) mass is 236 g/mol. The summed E-state index contributed by atoms with van der Waals surface area (Å²) in [5.74, 6) is 0. The van der Waals surface area contributed by atoms with Gasteiger partial charge in [0.05, 0.1) is 0 Å². The SMILES string of the molecule is N#CC(C#N)=Cc1ccc(-c2ccccc2)s1. The van der Waals surface area contributed by atoms with Crippen LogP contribution in [0, 0.1) is 22.7 Å². The standard InChI is InChI=1S/C14H8N2S/c15-9-11(10-16)8-13-6-7-14(17-13)12-4-2-1-3-5-12/h1-8H. The van der Waals surface area contributed by atoms with E-state index in [-0.39, 0.29) is 5.57 Å². The molecule has 0 fully saturated rings. The number of nitrogens with zero attached hydrogens (tertiary/aromatic N) is 2. The van der Waals surface area contributed by atoms with Crippen molar-refractivity contribution in [1.82, 2.24) is 0 Å². The number of rotatable bonds is 2. The Morgan fingerprint density at radius 1 is 1.00 bits per heavy atom. The van der Waals surface area contributed by atoms with Crippen molar-refractivity contribution in [3.05, 3.63) is 52.9 Å². The molecule has 1 aromatic carbocycles. The van der Waals surface area contributed by atoms with Crippen molar-refractivity contribution in [1.29, 1.82) is 10.5 Å². The summed E-state index contributed by atoms with van der Waals surface area (Å²) < 4.78 is 0. The fourth-order valence-electron chi connectivity index (χ4n) is 1.42. The van der Waals surface area contributed by atoms with Crippen molar-refractivity contribution < 1.29 is 0 Å². The summed E-state index contributed by atoms with van der Waals surface area (Å²) in [5.41, 5.74) is 1.28. The lowest BCUT2D eigenvalue weighted by Gasteiger charge is -1.94. The molecule has 0 aliphatic rings. The molecule has 0 N–H and O–H groups in total. The summed E-state index contributed by atoms with van der Waals surface area (Å²) in [4.78, 5) is 2.05. The van der Waals surface area contributed by atoms with Crippen molar-refractivity contribution in [2.24, 2.45) is 0 Å². The second-order valence-corrected chi connectivity index (χ2v) is 4.47. The van der Waals surface area contributed by atoms with E-state index in [1.54, 1.807) is 17.4 Å². The van der Waals surface area contributed by atoms with Crippen molar-refractivity contribution in [2.75, 3.05) is 0 Å². The van der Waals surface area contributed by atoms with Crippen LogP contribution in [0.4, 0.5) is 0 Å². The van der Waals surface area contributed by atoms with Gasteiger partial charge in [-0.2, -0.15) is 10.5 Å². The highest BCUT2D eigenvalue weighted by molar-refractivity contribution is 7.16. The van der Waals surface area contributed by atoms with Gasteiger partial charge in [-0.3, -0.25) is 0 Å². The number of hydrogen-bond acceptors (Lipinski definition) is 3. The first kappa shape index (κ1) is 11.1. The summed E-state index contributed by atoms with van der Waals surface area (Å²) in [6, 6.07) is 17.6. The Kier molecular flexibility index (Phi) is 3.35. The molecule has 0 saturated carbocycles. The van der Waals surface area contributed by atoms with Crippen LogP contribution in [0.2, 0.25) is 0 Å². The zero-order valence-electron chi connectivity index (χ0n) is 8.92. The molecule has 0 bridgehead atoms. The van der Waals surface area contributed by atoms with E-state index in [4.69, 9.17) is 10.5 Å². The van der Waals surface area contributed by atoms with Crippen LogP contribution in [0.5, 0.6) is 0 Å². The zero-order chi connectivity index (χ0) is 12.1. The summed E-state index contributed by atoms with van der Waals surface area (Å²) in [6.45, 7) is 0. The molecule has 0 atom stereocenters. The van der Waals surface area contributed by atoms with Crippen LogP contribution < -0.4 is 0 Å². The van der Waals surface area contributed by atoms with Crippen molar-refractivity contribution in [3.63, 3.8) is 0 Å². The molecular weight excluding hydrogens is 228 g/mol. The molecule has 0 amide bonds. The third-order valence-electron chi connectivity index (χ3n) is 2.21. The van der Waals surface area contributed by atoms with Crippen molar-refractivity contribution in [3.8, 4) is 22.6 Å². The minimum atomic E-state index is 0.131. The molecule has 0 aliphatic carbocycles. The van der Waals surface area contributed by atoms with Crippen LogP contribution in [-0.4, -0.2) is 0 Å². The number of nitriles is 2. The summed E-state index contributed by atoms with van der Waals surface area (Å²) in [7, 11) is 0. The molecule has 17 heavy (non-hydrogen) atoms. The average Bonchev–Trinajstić information content (AvgIpc) is 2.85. The number of thiophene rings is 1. The summed E-state index contributed by atoms with van der Waals surface area (Å²) in [6.07, 6.45) is 1.61. The molecule has 0 spiro atoms. The van der Waals surface area contributed by atoms with Gasteiger partial charge in [-0.25, -0.2) is 0 Å². The van der Waals surface area contributed by atoms with Gasteiger partial charge in [-0.05, 0) is 23.8 Å². The van der Waals surface area contributed by atoms with Gasteiger partial charge < -0.3 is 0 Å². The summed E-state index contributed by atoms with van der Waals surface area (Å²) >= 11 is 1.57. The lowest BCUT2D eigenvalue weighted by atomic mass is 10.2. The lowest BCUT2D eigenvalue weighted by Crippen LogP contribution is -1.69. The fourth-order valence-corrected chi connectivity index (χ4v) is 2.38. The smallest absolute Gasteiger partial charge is 0.131 e. The van der Waals surface area contributed by atoms with Crippen LogP contribution in [-0.2, 0) is 0 Å². The molecule has 2 nitrogen and oxygen atoms in total. The summed E-state index contributed by atoms with van der Waals surface area (Å²) in [5, 5.41) is 17.4. The molecule has 0 saturated heterocycles. The van der Waals surface area contributed by atoms with Gasteiger partial charge in [-0.15, -0.1) is 11.3 Å². The third-order valence-corrected chi connectivity index (χ3v) is 3.29. The molecule has 2 rings (SSSR count). The first-order valence-corrected chi connectivity index (χ1v) is 5.82. The van der Waals surface area contributed by atoms with Crippen LogP contribution in [0.1, 0.15) is 4.88 Å². The zero-order valence-corrected chi connectivity index (χ0v) is 9.74. The molecule has 0 aliphatic heterocycles. The number of allylic oxidation sites excluding steroid dienone is 1. The molecular formula is C14H8N2S. The first-order valence-electron chi connectivity index (χ1n) is 5.00. The predicted molar refractivity (Wildman–Crippen MR) is 69.0 cm³/mol. The Labute approximate surface area is 104 Å². The highest BCUT2D eigenvalue weighted by Crippen LogP contribution is 2.28. The van der Waals surface area contributed by atoms with Gasteiger partial charge in [0.2, 0.25) is 0 Å². The Hall–Kier alpha value is -2.36. The Morgan fingerprint density at radius 3 is 2.35 bits per heavy atom. The van der Waals surface area contributed by atoms with E-state index in [1.165, 1.54) is 0 Å². The molecule has 1 heterocycles. The number of hydrogen-bond donors (Lipinski definition) is 0. The molecule has 3 heteroatoms. The van der Waals surface area contributed by atoms with Gasteiger partial charge in [0.15, 0.2) is 0 Å². The molecule has 0 radical (unpaired) electrons. The van der Waals surface area contributed by atoms with Gasteiger partial charge in [0.1, 0.15) is 17.7 Å². The van der Waals surface area contributed by atoms with E-state index in [2.05, 4.69) is 0 Å². The quantitative estimate of drug-likeness (QED) is 0.743. The molecule has 1 aromatic heterocycles. The van der Waals surface area contributed by atoms with E-state index in [9.17, 15) is 0 Å². The van der Waals surface area contributed by atoms with Crippen molar-refractivity contribution >= 4 is 17.4 Å². The first-order chi connectivity index (χ1) is 8.33. The van der Waals surface area contributed by atoms with E-state index < -0.39 is 0 Å². The van der Waals surface area contributed by atoms with Crippen LogP contribution in [0.25, 0.3) is 16.5 Å². The third kappa shape index (κ3) is 2.60. The molecule has 80 valence electrons. The van der Waals surface area contributed by atoms with Crippen LogP contribution in [0.15, 0.2) is 48.0 Å². The second-order valence-electron chi connectivity index (χ2n) is 3.35.